The van der Waals surface area contributed by atoms with Gasteiger partial charge >= 0.3 is 0 Å². The largest absolute Gasteiger partial charge is 0.345 e. The second kappa shape index (κ2) is 5.29. The Morgan fingerprint density at radius 1 is 1.40 bits per heavy atom. The number of rotatable bonds is 3. The zero-order valence-electron chi connectivity index (χ0n) is 10.5. The Morgan fingerprint density at radius 2 is 2.20 bits per heavy atom. The molecule has 1 N–H and O–H groups in total. The van der Waals surface area contributed by atoms with Crippen LogP contribution in [0.1, 0.15) is 21.2 Å². The third kappa shape index (κ3) is 2.44. The van der Waals surface area contributed by atoms with E-state index in [1.807, 2.05) is 25.1 Å². The molecule has 0 aliphatic carbocycles. The molecular formula is C12H10BrN5OS. The van der Waals surface area contributed by atoms with E-state index in [2.05, 4.69) is 36.5 Å². The van der Waals surface area contributed by atoms with Crippen LogP contribution in [0.4, 0.5) is 0 Å². The molecule has 0 unspecified atom stereocenters. The third-order valence-electron chi connectivity index (χ3n) is 2.71. The number of carbonyl (C=O) groups is 1. The fourth-order valence-corrected chi connectivity index (χ4v) is 3.01. The number of carbonyl (C=O) groups excluding carboxylic acids is 1. The van der Waals surface area contributed by atoms with Crippen LogP contribution in [0.2, 0.25) is 0 Å². The molecule has 0 bridgehead atoms. The minimum absolute atomic E-state index is 0.139. The Balaban J connectivity index is 1.73. The molecule has 1 amide bonds. The van der Waals surface area contributed by atoms with Crippen LogP contribution in [0.25, 0.3) is 4.96 Å². The number of benzene rings is 1. The molecule has 0 saturated heterocycles. The van der Waals surface area contributed by atoms with Crippen molar-refractivity contribution in [2.75, 3.05) is 0 Å². The van der Waals surface area contributed by atoms with Crippen molar-refractivity contribution in [3.05, 3.63) is 45.1 Å². The summed E-state index contributed by atoms with van der Waals surface area (Å²) >= 11 is 4.77. The summed E-state index contributed by atoms with van der Waals surface area (Å²) in [6.07, 6.45) is 0. The van der Waals surface area contributed by atoms with Gasteiger partial charge in [-0.3, -0.25) is 4.79 Å². The summed E-state index contributed by atoms with van der Waals surface area (Å²) in [4.78, 5) is 12.8. The quantitative estimate of drug-likeness (QED) is 0.784. The maximum Gasteiger partial charge on any atom is 0.252 e. The average molecular weight is 352 g/mol. The summed E-state index contributed by atoms with van der Waals surface area (Å²) in [6.45, 7) is 2.21. The number of nitrogens with zero attached hydrogens (tertiary/aromatic N) is 4. The zero-order chi connectivity index (χ0) is 14.1. The summed E-state index contributed by atoms with van der Waals surface area (Å²) in [5, 5.41) is 15.9. The number of hydrogen-bond donors (Lipinski definition) is 1. The van der Waals surface area contributed by atoms with Crippen LogP contribution in [-0.4, -0.2) is 25.7 Å². The second-order valence-corrected chi connectivity index (χ2v) is 5.99. The molecule has 1 aromatic carbocycles. The average Bonchev–Trinajstić information content (AvgIpc) is 2.99. The first-order chi connectivity index (χ1) is 9.65. The highest BCUT2D eigenvalue weighted by Gasteiger charge is 2.12. The van der Waals surface area contributed by atoms with E-state index in [1.54, 1.807) is 10.6 Å². The summed E-state index contributed by atoms with van der Waals surface area (Å²) in [7, 11) is 0. The molecule has 0 spiro atoms. The lowest BCUT2D eigenvalue weighted by Crippen LogP contribution is -2.23. The number of aryl methyl sites for hydroxylation is 1. The molecule has 20 heavy (non-hydrogen) atoms. The molecule has 0 aliphatic heterocycles. The lowest BCUT2D eigenvalue weighted by atomic mass is 10.2. The van der Waals surface area contributed by atoms with Gasteiger partial charge in [-0.25, -0.2) is 0 Å². The van der Waals surface area contributed by atoms with Gasteiger partial charge in [0.25, 0.3) is 5.91 Å². The maximum atomic E-state index is 12.1. The number of hydrogen-bond acceptors (Lipinski definition) is 5. The van der Waals surface area contributed by atoms with E-state index in [0.717, 1.165) is 20.3 Å². The van der Waals surface area contributed by atoms with Gasteiger partial charge in [0.05, 0.1) is 12.1 Å². The summed E-state index contributed by atoms with van der Waals surface area (Å²) < 4.78 is 2.44. The van der Waals surface area contributed by atoms with Crippen LogP contribution < -0.4 is 5.32 Å². The van der Waals surface area contributed by atoms with Crippen molar-refractivity contribution in [2.24, 2.45) is 0 Å². The first kappa shape index (κ1) is 13.2. The predicted molar refractivity (Wildman–Crippen MR) is 78.7 cm³/mol. The Morgan fingerprint density at radius 3 is 2.95 bits per heavy atom. The van der Waals surface area contributed by atoms with Gasteiger partial charge in [-0.05, 0) is 35.0 Å². The molecule has 102 valence electrons. The molecule has 0 aliphatic rings. The van der Waals surface area contributed by atoms with Crippen LogP contribution in [0, 0.1) is 6.92 Å². The van der Waals surface area contributed by atoms with Crippen LogP contribution in [0.5, 0.6) is 0 Å². The zero-order valence-corrected chi connectivity index (χ0v) is 12.9. The van der Waals surface area contributed by atoms with Crippen molar-refractivity contribution in [2.45, 2.75) is 13.5 Å². The summed E-state index contributed by atoms with van der Waals surface area (Å²) in [6, 6.07) is 7.29. The molecule has 0 saturated carbocycles. The molecular weight excluding hydrogens is 342 g/mol. The highest BCUT2D eigenvalue weighted by atomic mass is 79.9. The molecule has 2 aromatic heterocycles. The normalized spacial score (nSPS) is 10.9. The minimum Gasteiger partial charge on any atom is -0.345 e. The second-order valence-electron chi connectivity index (χ2n) is 4.10. The highest BCUT2D eigenvalue weighted by Crippen LogP contribution is 2.16. The molecule has 0 fully saturated rings. The van der Waals surface area contributed by atoms with Crippen molar-refractivity contribution in [3.8, 4) is 0 Å². The molecule has 8 heteroatoms. The predicted octanol–water partition coefficient (Wildman–Crippen LogP) is 2.19. The smallest absolute Gasteiger partial charge is 0.252 e. The van der Waals surface area contributed by atoms with Gasteiger partial charge in [-0.15, -0.1) is 10.2 Å². The lowest BCUT2D eigenvalue weighted by Gasteiger charge is -2.04. The van der Waals surface area contributed by atoms with Crippen LogP contribution in [0.15, 0.2) is 28.7 Å². The van der Waals surface area contributed by atoms with E-state index in [-0.39, 0.29) is 5.91 Å². The number of halogens is 1. The van der Waals surface area contributed by atoms with E-state index in [0.29, 0.717) is 12.1 Å². The monoisotopic (exact) mass is 351 g/mol. The SMILES string of the molecule is Cc1nnc2sc(CNC(=O)c3ccccc3Br)nn12. The Labute approximate surface area is 127 Å². The molecule has 0 radical (unpaired) electrons. The highest BCUT2D eigenvalue weighted by molar-refractivity contribution is 9.10. The first-order valence-corrected chi connectivity index (χ1v) is 7.46. The van der Waals surface area contributed by atoms with Crippen molar-refractivity contribution in [1.29, 1.82) is 0 Å². The number of aromatic nitrogens is 4. The van der Waals surface area contributed by atoms with Gasteiger partial charge in [-0.1, -0.05) is 23.5 Å². The van der Waals surface area contributed by atoms with E-state index in [1.165, 1.54) is 11.3 Å². The molecule has 6 nitrogen and oxygen atoms in total. The fraction of sp³-hybridized carbons (Fsp3) is 0.167. The van der Waals surface area contributed by atoms with Crippen LogP contribution in [0.3, 0.4) is 0 Å². The molecule has 3 aromatic rings. The van der Waals surface area contributed by atoms with E-state index in [4.69, 9.17) is 0 Å². The van der Waals surface area contributed by atoms with Gasteiger partial charge in [0.2, 0.25) is 4.96 Å². The van der Waals surface area contributed by atoms with Gasteiger partial charge in [-0.2, -0.15) is 9.61 Å². The summed E-state index contributed by atoms with van der Waals surface area (Å²) in [5.74, 6) is 0.597. The van der Waals surface area contributed by atoms with Gasteiger partial charge in [0.1, 0.15) is 5.01 Å². The van der Waals surface area contributed by atoms with Gasteiger partial charge < -0.3 is 5.32 Å². The maximum absolute atomic E-state index is 12.1. The molecule has 3 rings (SSSR count). The first-order valence-electron chi connectivity index (χ1n) is 5.85. The number of amides is 1. The fourth-order valence-electron chi connectivity index (χ4n) is 1.72. The van der Waals surface area contributed by atoms with E-state index >= 15 is 0 Å². The molecule has 0 atom stereocenters. The Hall–Kier alpha value is -1.80. The minimum atomic E-state index is -0.139. The number of fused-ring (bicyclic) bond motifs is 1. The van der Waals surface area contributed by atoms with Crippen molar-refractivity contribution < 1.29 is 4.79 Å². The van der Waals surface area contributed by atoms with Crippen molar-refractivity contribution in [3.63, 3.8) is 0 Å². The number of nitrogens with one attached hydrogen (secondary N) is 1. The topological polar surface area (TPSA) is 72.2 Å². The van der Waals surface area contributed by atoms with Gasteiger partial charge in [0.15, 0.2) is 5.82 Å². The standard InChI is InChI=1S/C12H10BrN5OS/c1-7-15-16-12-18(7)17-10(20-12)6-14-11(19)8-4-2-3-5-9(8)13/h2-5H,6H2,1H3,(H,14,19). The Kier molecular flexibility index (Phi) is 3.49. The van der Waals surface area contributed by atoms with E-state index < -0.39 is 0 Å². The van der Waals surface area contributed by atoms with Crippen LogP contribution >= 0.6 is 27.3 Å². The van der Waals surface area contributed by atoms with Gasteiger partial charge in [0, 0.05) is 4.47 Å². The van der Waals surface area contributed by atoms with E-state index in [9.17, 15) is 4.79 Å². The third-order valence-corrected chi connectivity index (χ3v) is 4.30. The lowest BCUT2D eigenvalue weighted by molar-refractivity contribution is 0.0950. The summed E-state index contributed by atoms with van der Waals surface area (Å²) in [5.41, 5.74) is 0.603. The van der Waals surface area contributed by atoms with Crippen LogP contribution in [-0.2, 0) is 6.54 Å². The Bertz CT molecular complexity index is 781. The molecule has 2 heterocycles. The van der Waals surface area contributed by atoms with Crippen molar-refractivity contribution >= 4 is 38.1 Å². The van der Waals surface area contributed by atoms with Crippen molar-refractivity contribution in [1.82, 2.24) is 25.1 Å².